The zero-order valence-corrected chi connectivity index (χ0v) is 35.3. The van der Waals surface area contributed by atoms with Gasteiger partial charge in [0.05, 0.1) is 0 Å². The smallest absolute Gasteiger partial charge is 0.0462 e. The number of nitrogens with zero attached hydrogens (tertiary/aromatic N) is 2. The fourth-order valence-corrected chi connectivity index (χ4v) is 9.10. The fraction of sp³-hybridized carbons (Fsp3) is 0.0169. The van der Waals surface area contributed by atoms with Gasteiger partial charge in [0, 0.05) is 43.9 Å². The zero-order valence-electron chi connectivity index (χ0n) is 34.5. The third-order valence-electron chi connectivity index (χ3n) is 11.4. The van der Waals surface area contributed by atoms with Crippen molar-refractivity contribution in [3.05, 3.63) is 254 Å². The van der Waals surface area contributed by atoms with E-state index in [1.54, 1.807) is 0 Å². The lowest BCUT2D eigenvalue weighted by atomic mass is 10.0. The Balaban J connectivity index is 0.929. The Kier molecular flexibility index (Phi) is 10.8. The molecule has 62 heavy (non-hydrogen) atoms. The van der Waals surface area contributed by atoms with Gasteiger partial charge in [-0.05, 0) is 136 Å². The van der Waals surface area contributed by atoms with Crippen molar-refractivity contribution in [2.45, 2.75) is 6.92 Å². The molecule has 10 aromatic rings. The molecular weight excluding hydrogens is 769 g/mol. The van der Waals surface area contributed by atoms with Crippen LogP contribution in [0.5, 0.6) is 0 Å². The topological polar surface area (TPSA) is 6.48 Å². The van der Waals surface area contributed by atoms with Gasteiger partial charge in [-0.15, -0.1) is 11.3 Å². The first kappa shape index (κ1) is 38.5. The number of para-hydroxylation sites is 1. The van der Waals surface area contributed by atoms with Gasteiger partial charge < -0.3 is 9.80 Å². The van der Waals surface area contributed by atoms with E-state index in [-0.39, 0.29) is 0 Å². The maximum atomic E-state index is 2.34. The number of anilines is 6. The van der Waals surface area contributed by atoms with Gasteiger partial charge in [0.2, 0.25) is 0 Å². The minimum Gasteiger partial charge on any atom is -0.311 e. The molecule has 9 aromatic carbocycles. The second kappa shape index (κ2) is 17.5. The van der Waals surface area contributed by atoms with E-state index < -0.39 is 0 Å². The summed E-state index contributed by atoms with van der Waals surface area (Å²) in [6.45, 7) is 2.13. The Morgan fingerprint density at radius 1 is 0.226 bits per heavy atom. The molecule has 0 N–H and O–H groups in total. The van der Waals surface area contributed by atoms with Crippen molar-refractivity contribution in [3.8, 4) is 54.3 Å². The summed E-state index contributed by atoms with van der Waals surface area (Å²) in [7, 11) is 0. The molecule has 296 valence electrons. The van der Waals surface area contributed by atoms with Crippen LogP contribution in [0.3, 0.4) is 0 Å². The first-order valence-electron chi connectivity index (χ1n) is 21.1. The highest BCUT2D eigenvalue weighted by Gasteiger charge is 2.16. The van der Waals surface area contributed by atoms with Crippen molar-refractivity contribution in [1.29, 1.82) is 0 Å². The lowest BCUT2D eigenvalue weighted by Gasteiger charge is -2.26. The number of thiophene rings is 1. The lowest BCUT2D eigenvalue weighted by molar-refractivity contribution is 1.28. The van der Waals surface area contributed by atoms with Crippen LogP contribution in [-0.4, -0.2) is 0 Å². The van der Waals surface area contributed by atoms with E-state index in [0.29, 0.717) is 0 Å². The molecule has 0 aliphatic heterocycles. The molecule has 0 amide bonds. The number of hydrogen-bond donors (Lipinski definition) is 0. The molecular formula is C59H44N2S. The summed E-state index contributed by atoms with van der Waals surface area (Å²) in [6, 6.07) is 89.5. The first-order valence-corrected chi connectivity index (χ1v) is 21.9. The summed E-state index contributed by atoms with van der Waals surface area (Å²) in [5.41, 5.74) is 17.5. The van der Waals surface area contributed by atoms with E-state index >= 15 is 0 Å². The molecule has 0 unspecified atom stereocenters. The second-order valence-electron chi connectivity index (χ2n) is 15.5. The van der Waals surface area contributed by atoms with Crippen molar-refractivity contribution in [2.75, 3.05) is 9.80 Å². The van der Waals surface area contributed by atoms with Crippen molar-refractivity contribution in [1.82, 2.24) is 0 Å². The van der Waals surface area contributed by atoms with Gasteiger partial charge in [0.15, 0.2) is 0 Å². The lowest BCUT2D eigenvalue weighted by Crippen LogP contribution is -2.10. The van der Waals surface area contributed by atoms with Crippen LogP contribution in [0.4, 0.5) is 34.1 Å². The Hall–Kier alpha value is -7.72. The summed E-state index contributed by atoms with van der Waals surface area (Å²) < 4.78 is 0. The number of hydrogen-bond acceptors (Lipinski definition) is 3. The molecule has 1 heterocycles. The molecule has 10 rings (SSSR count). The average Bonchev–Trinajstić information content (AvgIpc) is 3.85. The van der Waals surface area contributed by atoms with Gasteiger partial charge in [0.25, 0.3) is 0 Å². The molecule has 0 fully saturated rings. The number of aryl methyl sites for hydroxylation is 1. The molecule has 0 spiro atoms. The van der Waals surface area contributed by atoms with Gasteiger partial charge in [-0.25, -0.2) is 0 Å². The standard InChI is InChI=1S/C59H44N2S/c1-43-17-19-45(20-18-43)47-23-35-55(36-24-47)61(54-31-21-46(22-32-54)44-11-5-2-6-12-44)56-37-27-49(28-38-56)48-25-33-53(34-26-48)60(52-15-9-4-10-16-52)57-39-29-51(30-40-57)59-42-41-58(62-59)50-13-7-3-8-14-50/h2-42H,1H3. The van der Waals surface area contributed by atoms with E-state index in [9.17, 15) is 0 Å². The monoisotopic (exact) mass is 812 g/mol. The second-order valence-corrected chi connectivity index (χ2v) is 16.6. The molecule has 0 radical (unpaired) electrons. The summed E-state index contributed by atoms with van der Waals surface area (Å²) >= 11 is 1.83. The highest BCUT2D eigenvalue weighted by atomic mass is 32.1. The van der Waals surface area contributed by atoms with Crippen molar-refractivity contribution in [3.63, 3.8) is 0 Å². The predicted octanol–water partition coefficient (Wildman–Crippen LogP) is 17.3. The van der Waals surface area contributed by atoms with Gasteiger partial charge in [-0.1, -0.05) is 169 Å². The minimum absolute atomic E-state index is 1.10. The molecule has 3 heteroatoms. The third kappa shape index (κ3) is 8.23. The van der Waals surface area contributed by atoms with Crippen LogP contribution >= 0.6 is 11.3 Å². The molecule has 1 aromatic heterocycles. The normalized spacial score (nSPS) is 11.0. The van der Waals surface area contributed by atoms with Crippen molar-refractivity contribution < 1.29 is 0 Å². The van der Waals surface area contributed by atoms with E-state index in [0.717, 1.165) is 45.3 Å². The fourth-order valence-electron chi connectivity index (χ4n) is 8.09. The molecule has 0 atom stereocenters. The van der Waals surface area contributed by atoms with Crippen LogP contribution in [0.1, 0.15) is 5.56 Å². The molecule has 0 aliphatic carbocycles. The number of benzene rings is 9. The van der Waals surface area contributed by atoms with Gasteiger partial charge >= 0.3 is 0 Å². The summed E-state index contributed by atoms with van der Waals surface area (Å²) in [5, 5.41) is 0. The van der Waals surface area contributed by atoms with E-state index in [1.165, 1.54) is 48.7 Å². The van der Waals surface area contributed by atoms with E-state index in [1.807, 2.05) is 11.3 Å². The largest absolute Gasteiger partial charge is 0.311 e. The van der Waals surface area contributed by atoms with Crippen molar-refractivity contribution >= 4 is 45.5 Å². The predicted molar refractivity (Wildman–Crippen MR) is 266 cm³/mol. The Labute approximate surface area is 368 Å². The number of rotatable bonds is 11. The van der Waals surface area contributed by atoms with Crippen LogP contribution in [0.25, 0.3) is 54.3 Å². The Bertz CT molecular complexity index is 2990. The van der Waals surface area contributed by atoms with Crippen LogP contribution < -0.4 is 9.80 Å². The summed E-state index contributed by atoms with van der Waals surface area (Å²) in [4.78, 5) is 7.20. The maximum absolute atomic E-state index is 2.34. The highest BCUT2D eigenvalue weighted by molar-refractivity contribution is 7.18. The third-order valence-corrected chi connectivity index (χ3v) is 12.6. The molecule has 0 bridgehead atoms. The summed E-state index contributed by atoms with van der Waals surface area (Å²) in [5.74, 6) is 0. The maximum Gasteiger partial charge on any atom is 0.0462 e. The Morgan fingerprint density at radius 3 is 0.823 bits per heavy atom. The van der Waals surface area contributed by atoms with Gasteiger partial charge in [-0.3, -0.25) is 0 Å². The first-order chi connectivity index (χ1) is 30.6. The van der Waals surface area contributed by atoms with E-state index in [2.05, 4.69) is 265 Å². The minimum atomic E-state index is 1.10. The van der Waals surface area contributed by atoms with Gasteiger partial charge in [0.1, 0.15) is 0 Å². The molecule has 0 saturated heterocycles. The summed E-state index contributed by atoms with van der Waals surface area (Å²) in [6.07, 6.45) is 0. The van der Waals surface area contributed by atoms with Crippen LogP contribution in [0.15, 0.2) is 249 Å². The zero-order chi connectivity index (χ0) is 41.7. The highest BCUT2D eigenvalue weighted by Crippen LogP contribution is 2.41. The average molecular weight is 813 g/mol. The quantitative estimate of drug-likeness (QED) is 0.128. The molecule has 2 nitrogen and oxygen atoms in total. The SMILES string of the molecule is Cc1ccc(-c2ccc(N(c3ccc(-c4ccccc4)cc3)c3ccc(-c4ccc(N(c5ccccc5)c5ccc(-c6ccc(-c7ccccc7)s6)cc5)cc4)cc3)cc2)cc1. The van der Waals surface area contributed by atoms with Gasteiger partial charge in [-0.2, -0.15) is 0 Å². The van der Waals surface area contributed by atoms with Crippen LogP contribution in [0.2, 0.25) is 0 Å². The van der Waals surface area contributed by atoms with E-state index in [4.69, 9.17) is 0 Å². The Morgan fingerprint density at radius 2 is 0.468 bits per heavy atom. The van der Waals surface area contributed by atoms with Crippen molar-refractivity contribution in [2.24, 2.45) is 0 Å². The molecule has 0 saturated carbocycles. The van der Waals surface area contributed by atoms with Crippen LogP contribution in [-0.2, 0) is 0 Å². The molecule has 0 aliphatic rings. The van der Waals surface area contributed by atoms with Crippen LogP contribution in [0, 0.1) is 6.92 Å².